The molecule has 148 valence electrons. The highest BCUT2D eigenvalue weighted by molar-refractivity contribution is 7.95. The molecular formula is C13H21N3O7S3. The lowest BCUT2D eigenvalue weighted by molar-refractivity contribution is -0.757. The van der Waals surface area contributed by atoms with E-state index >= 15 is 0 Å². The van der Waals surface area contributed by atoms with Gasteiger partial charge in [-0.2, -0.15) is 0 Å². The molecule has 2 heterocycles. The normalized spacial score (nSPS) is 22.2. The summed E-state index contributed by atoms with van der Waals surface area (Å²) in [6, 6.07) is 0.914. The third-order valence-corrected chi connectivity index (χ3v) is 9.33. The van der Waals surface area contributed by atoms with Crippen LogP contribution >= 0.6 is 11.3 Å². The van der Waals surface area contributed by atoms with Crippen LogP contribution in [0.25, 0.3) is 0 Å². The summed E-state index contributed by atoms with van der Waals surface area (Å²) in [4.78, 5) is 14.5. The van der Waals surface area contributed by atoms with Gasteiger partial charge in [0.25, 0.3) is 5.09 Å². The number of nitrogens with one attached hydrogen (secondary N) is 1. The minimum absolute atomic E-state index is 0.0554. The van der Waals surface area contributed by atoms with Crippen molar-refractivity contribution < 1.29 is 26.8 Å². The second-order valence-electron chi connectivity index (χ2n) is 6.46. The molecule has 2 atom stereocenters. The minimum atomic E-state index is -4.04. The lowest BCUT2D eigenvalue weighted by Gasteiger charge is -2.30. The number of sulfone groups is 1. The van der Waals surface area contributed by atoms with E-state index in [1.165, 1.54) is 6.07 Å². The molecule has 13 heteroatoms. The average molecular weight is 428 g/mol. The van der Waals surface area contributed by atoms with Crippen molar-refractivity contribution >= 4 is 31.2 Å². The van der Waals surface area contributed by atoms with Gasteiger partial charge in [-0.15, -0.1) is 21.5 Å². The Bertz CT molecular complexity index is 877. The van der Waals surface area contributed by atoms with E-state index in [-0.39, 0.29) is 33.9 Å². The van der Waals surface area contributed by atoms with Gasteiger partial charge < -0.3 is 10.2 Å². The molecule has 1 aromatic heterocycles. The molecule has 0 aliphatic carbocycles. The number of fused-ring (bicyclic) bond motifs is 1. The standard InChI is InChI=1S/C13H21N3O7S3/c1-8(2)7-15-11-5-9(3-4-23-16(17)18)25(19,20)13-10(11)6-12(24-13)26(14,21)22/h6,8-9,11,15H,3-5,7H2,1-2H3,(H2,14,21,22). The summed E-state index contributed by atoms with van der Waals surface area (Å²) in [5, 5.41) is 16.8. The highest BCUT2D eigenvalue weighted by atomic mass is 32.3. The first-order valence-electron chi connectivity index (χ1n) is 7.84. The van der Waals surface area contributed by atoms with Crippen LogP contribution < -0.4 is 10.5 Å². The molecule has 2 unspecified atom stereocenters. The van der Waals surface area contributed by atoms with E-state index in [0.717, 1.165) is 0 Å². The molecule has 0 aromatic carbocycles. The van der Waals surface area contributed by atoms with Crippen LogP contribution in [0.2, 0.25) is 0 Å². The van der Waals surface area contributed by atoms with Crippen molar-refractivity contribution in [3.63, 3.8) is 0 Å². The highest BCUT2D eigenvalue weighted by Gasteiger charge is 2.41. The Morgan fingerprint density at radius 3 is 2.69 bits per heavy atom. The van der Waals surface area contributed by atoms with Crippen molar-refractivity contribution in [1.82, 2.24) is 5.32 Å². The molecule has 1 aliphatic rings. The molecule has 10 nitrogen and oxygen atoms in total. The topological polar surface area (TPSA) is 159 Å². The predicted molar refractivity (Wildman–Crippen MR) is 94.4 cm³/mol. The molecule has 2 rings (SSSR count). The Balaban J connectivity index is 2.40. The summed E-state index contributed by atoms with van der Waals surface area (Å²) in [6.45, 7) is 4.22. The zero-order chi connectivity index (χ0) is 19.7. The van der Waals surface area contributed by atoms with E-state index in [1.54, 1.807) is 0 Å². The number of sulfonamides is 1. The fourth-order valence-electron chi connectivity index (χ4n) is 2.74. The SMILES string of the molecule is CC(C)CNC1CC(CCO[N+](=O)[O-])S(=O)(=O)c2sc(S(N)(=O)=O)cc21. The number of thiophene rings is 1. The van der Waals surface area contributed by atoms with Crippen LogP contribution in [0.4, 0.5) is 0 Å². The van der Waals surface area contributed by atoms with Crippen molar-refractivity contribution in [2.24, 2.45) is 11.1 Å². The van der Waals surface area contributed by atoms with Crippen molar-refractivity contribution in [3.05, 3.63) is 21.7 Å². The van der Waals surface area contributed by atoms with Crippen molar-refractivity contribution in [1.29, 1.82) is 0 Å². The first-order chi connectivity index (χ1) is 11.9. The zero-order valence-corrected chi connectivity index (χ0v) is 16.7. The number of nitrogens with two attached hydrogens (primary N) is 1. The van der Waals surface area contributed by atoms with Crippen LogP contribution in [0.3, 0.4) is 0 Å². The minimum Gasteiger partial charge on any atom is -0.314 e. The average Bonchev–Trinajstić information content (AvgIpc) is 2.94. The molecule has 0 fully saturated rings. The summed E-state index contributed by atoms with van der Waals surface area (Å²) in [6.07, 6.45) is 0.106. The summed E-state index contributed by atoms with van der Waals surface area (Å²) in [7, 11) is -7.87. The van der Waals surface area contributed by atoms with Gasteiger partial charge >= 0.3 is 0 Å². The molecule has 3 N–H and O–H groups in total. The van der Waals surface area contributed by atoms with Crippen molar-refractivity contribution in [2.45, 2.75) is 46.4 Å². The molecule has 26 heavy (non-hydrogen) atoms. The number of primary sulfonamides is 1. The van der Waals surface area contributed by atoms with Crippen LogP contribution in [-0.2, 0) is 24.7 Å². The third kappa shape index (κ3) is 4.71. The van der Waals surface area contributed by atoms with E-state index in [0.29, 0.717) is 29.4 Å². The van der Waals surface area contributed by atoms with E-state index in [2.05, 4.69) is 10.2 Å². The van der Waals surface area contributed by atoms with Crippen LogP contribution in [-0.4, -0.2) is 40.3 Å². The third-order valence-electron chi connectivity index (χ3n) is 3.96. The van der Waals surface area contributed by atoms with Gasteiger partial charge in [0, 0.05) is 11.6 Å². The second-order valence-corrected chi connectivity index (χ2v) is 11.7. The first-order valence-corrected chi connectivity index (χ1v) is 11.7. The van der Waals surface area contributed by atoms with Gasteiger partial charge in [0.1, 0.15) is 8.42 Å². The van der Waals surface area contributed by atoms with Gasteiger partial charge in [0.05, 0.1) is 11.9 Å². The number of hydrogen-bond acceptors (Lipinski definition) is 9. The maximum absolute atomic E-state index is 12.8. The quantitative estimate of drug-likeness (QED) is 0.456. The van der Waals surface area contributed by atoms with Crippen LogP contribution in [0.5, 0.6) is 0 Å². The van der Waals surface area contributed by atoms with E-state index in [1.807, 2.05) is 13.8 Å². The molecule has 0 saturated carbocycles. The molecule has 0 saturated heterocycles. The van der Waals surface area contributed by atoms with Crippen LogP contribution in [0.1, 0.15) is 38.3 Å². The maximum Gasteiger partial charge on any atom is 0.294 e. The summed E-state index contributed by atoms with van der Waals surface area (Å²) >= 11 is 0.615. The van der Waals surface area contributed by atoms with Gasteiger partial charge in [-0.1, -0.05) is 13.8 Å². The molecule has 0 amide bonds. The summed E-state index contributed by atoms with van der Waals surface area (Å²) < 4.78 is 48.7. The van der Waals surface area contributed by atoms with Gasteiger partial charge in [-0.3, -0.25) is 0 Å². The summed E-state index contributed by atoms with van der Waals surface area (Å²) in [5.41, 5.74) is 0.381. The fraction of sp³-hybridized carbons (Fsp3) is 0.692. The Morgan fingerprint density at radius 2 is 2.15 bits per heavy atom. The molecule has 0 radical (unpaired) electrons. The van der Waals surface area contributed by atoms with Gasteiger partial charge in [0.15, 0.2) is 9.84 Å². The molecule has 1 aliphatic heterocycles. The molecule has 0 spiro atoms. The number of rotatable bonds is 8. The Hall–Kier alpha value is -1.28. The van der Waals surface area contributed by atoms with Crippen LogP contribution in [0, 0.1) is 16.0 Å². The van der Waals surface area contributed by atoms with E-state index in [9.17, 15) is 26.9 Å². The number of nitrogens with zero attached hydrogens (tertiary/aromatic N) is 1. The largest absolute Gasteiger partial charge is 0.314 e. The fourth-order valence-corrected chi connectivity index (χ4v) is 7.42. The zero-order valence-electron chi connectivity index (χ0n) is 14.2. The molecule has 1 aromatic rings. The smallest absolute Gasteiger partial charge is 0.294 e. The van der Waals surface area contributed by atoms with E-state index < -0.39 is 30.2 Å². The van der Waals surface area contributed by atoms with Gasteiger partial charge in [-0.25, -0.2) is 22.0 Å². The highest BCUT2D eigenvalue weighted by Crippen LogP contribution is 2.43. The number of hydrogen-bond donors (Lipinski definition) is 2. The lowest BCUT2D eigenvalue weighted by Crippen LogP contribution is -2.37. The first kappa shape index (κ1) is 21.0. The van der Waals surface area contributed by atoms with Crippen molar-refractivity contribution in [2.75, 3.05) is 13.2 Å². The Morgan fingerprint density at radius 1 is 1.50 bits per heavy atom. The van der Waals surface area contributed by atoms with Gasteiger partial charge in [0.2, 0.25) is 10.0 Å². The lowest BCUT2D eigenvalue weighted by atomic mass is 10.0. The molecule has 0 bridgehead atoms. The monoisotopic (exact) mass is 427 g/mol. The summed E-state index contributed by atoms with van der Waals surface area (Å²) in [5.74, 6) is 0.296. The predicted octanol–water partition coefficient (Wildman–Crippen LogP) is 0.827. The van der Waals surface area contributed by atoms with Crippen LogP contribution in [0.15, 0.2) is 14.5 Å². The maximum atomic E-state index is 12.8. The van der Waals surface area contributed by atoms with Crippen molar-refractivity contribution in [3.8, 4) is 0 Å². The van der Waals surface area contributed by atoms with E-state index in [4.69, 9.17) is 5.14 Å². The second kappa shape index (κ2) is 7.76. The Kier molecular flexibility index (Phi) is 6.28. The van der Waals surface area contributed by atoms with Gasteiger partial charge in [-0.05, 0) is 31.4 Å². The molecular weight excluding hydrogens is 406 g/mol. The Labute approximate surface area is 155 Å².